The molecule has 0 atom stereocenters. The number of carboxylic acid groups (broad SMARTS) is 1. The summed E-state index contributed by atoms with van der Waals surface area (Å²) in [6, 6.07) is 6.49. The van der Waals surface area contributed by atoms with Gasteiger partial charge in [-0.25, -0.2) is 4.79 Å². The number of rotatable bonds is 6. The van der Waals surface area contributed by atoms with Crippen molar-refractivity contribution in [1.82, 2.24) is 4.90 Å². The molecule has 0 spiro atoms. The van der Waals surface area contributed by atoms with Gasteiger partial charge < -0.3 is 15.3 Å². The molecule has 148 valence electrons. The molecule has 28 heavy (non-hydrogen) atoms. The first-order valence-electron chi connectivity index (χ1n) is 7.73. The molecular weight excluding hydrogens is 628 g/mol. The molecule has 0 aliphatic heterocycles. The molecule has 2 N–H and O–H groups in total. The highest BCUT2D eigenvalue weighted by Crippen LogP contribution is 2.42. The third-order valence-corrected chi connectivity index (χ3v) is 8.38. The van der Waals surface area contributed by atoms with Crippen LogP contribution in [-0.2, 0) is 0 Å². The molecule has 6 nitrogen and oxygen atoms in total. The topological polar surface area (TPSA) is 86.7 Å². The number of carbonyl (C=O) groups excluding carboxylic acids is 2. The number of nitrogens with one attached hydrogen (secondary N) is 1. The van der Waals surface area contributed by atoms with Gasteiger partial charge in [0.2, 0.25) is 0 Å². The zero-order valence-corrected chi connectivity index (χ0v) is 21.0. The molecule has 0 heterocycles. The van der Waals surface area contributed by atoms with Crippen molar-refractivity contribution in [3.63, 3.8) is 0 Å². The predicted molar refractivity (Wildman–Crippen MR) is 121 cm³/mol. The Morgan fingerprint density at radius 1 is 0.964 bits per heavy atom. The summed E-state index contributed by atoms with van der Waals surface area (Å²) in [6.45, 7) is 0.235. The molecule has 10 heteroatoms. The van der Waals surface area contributed by atoms with Gasteiger partial charge in [-0.15, -0.1) is 0 Å². The molecule has 1 amide bonds. The lowest BCUT2D eigenvalue weighted by molar-refractivity contribution is 0.0691. The van der Waals surface area contributed by atoms with Crippen molar-refractivity contribution >= 4 is 87.1 Å². The highest BCUT2D eigenvalue weighted by molar-refractivity contribution is 9.15. The van der Waals surface area contributed by atoms with Crippen LogP contribution >= 0.6 is 63.7 Å². The summed E-state index contributed by atoms with van der Waals surface area (Å²) in [7, 11) is 3.58. The van der Waals surface area contributed by atoms with Crippen molar-refractivity contribution in [1.29, 1.82) is 0 Å². The van der Waals surface area contributed by atoms with Gasteiger partial charge in [0.25, 0.3) is 5.91 Å². The molecule has 2 aromatic rings. The van der Waals surface area contributed by atoms with E-state index in [0.717, 1.165) is 0 Å². The van der Waals surface area contributed by atoms with Crippen molar-refractivity contribution in [2.75, 3.05) is 26.0 Å². The number of aromatic carboxylic acids is 1. The Morgan fingerprint density at radius 2 is 1.54 bits per heavy atom. The molecule has 0 bridgehead atoms. The first-order valence-corrected chi connectivity index (χ1v) is 10.9. The van der Waals surface area contributed by atoms with Crippen LogP contribution < -0.4 is 5.32 Å². The largest absolute Gasteiger partial charge is 0.478 e. The summed E-state index contributed by atoms with van der Waals surface area (Å²) >= 11 is 13.1. The third-order valence-electron chi connectivity index (χ3n) is 3.61. The summed E-state index contributed by atoms with van der Waals surface area (Å²) in [4.78, 5) is 38.6. The van der Waals surface area contributed by atoms with Gasteiger partial charge in [0.05, 0.1) is 17.7 Å². The monoisotopic (exact) mass is 638 g/mol. The summed E-state index contributed by atoms with van der Waals surface area (Å²) in [5.41, 5.74) is 0.578. The minimum Gasteiger partial charge on any atom is -0.478 e. The zero-order valence-electron chi connectivity index (χ0n) is 14.6. The van der Waals surface area contributed by atoms with E-state index in [0.29, 0.717) is 20.2 Å². The fraction of sp³-hybridized carbons (Fsp3) is 0.167. The predicted octanol–water partition coefficient (Wildman–Crippen LogP) is 5.43. The second kappa shape index (κ2) is 9.62. The minimum atomic E-state index is -1.26. The van der Waals surface area contributed by atoms with Crippen molar-refractivity contribution in [2.24, 2.45) is 0 Å². The van der Waals surface area contributed by atoms with Crippen LogP contribution in [0.2, 0.25) is 0 Å². The molecule has 0 aliphatic carbocycles. The number of benzene rings is 2. The van der Waals surface area contributed by atoms with Gasteiger partial charge in [-0.3, -0.25) is 9.59 Å². The maximum absolute atomic E-state index is 12.9. The van der Waals surface area contributed by atoms with E-state index in [1.54, 1.807) is 43.3 Å². The van der Waals surface area contributed by atoms with E-state index in [4.69, 9.17) is 0 Å². The summed E-state index contributed by atoms with van der Waals surface area (Å²) in [6.07, 6.45) is 0. The van der Waals surface area contributed by atoms with Crippen molar-refractivity contribution < 1.29 is 19.5 Å². The maximum Gasteiger partial charge on any atom is 0.337 e. The normalized spacial score (nSPS) is 10.8. The number of hydrogen-bond acceptors (Lipinski definition) is 4. The SMILES string of the molecule is CN(C)CC(=O)c1cccc(NC(=O)c2c(Br)c(Br)c(Br)c(Br)c2C(=O)O)c1. The molecule has 0 fully saturated rings. The summed E-state index contributed by atoms with van der Waals surface area (Å²) < 4.78 is 1.47. The smallest absolute Gasteiger partial charge is 0.337 e. The summed E-state index contributed by atoms with van der Waals surface area (Å²) in [5.74, 6) is -1.99. The Morgan fingerprint density at radius 3 is 2.07 bits per heavy atom. The van der Waals surface area contributed by atoms with E-state index in [1.165, 1.54) is 0 Å². The number of nitrogens with zero attached hydrogens (tertiary/aromatic N) is 1. The first-order chi connectivity index (χ1) is 13.0. The molecule has 0 saturated heterocycles. The number of carboxylic acids is 1. The molecular formula is C18H14Br4N2O4. The van der Waals surface area contributed by atoms with Crippen LogP contribution in [0.5, 0.6) is 0 Å². The molecule has 2 aromatic carbocycles. The van der Waals surface area contributed by atoms with Gasteiger partial charge in [0, 0.05) is 29.1 Å². The first kappa shape index (κ1) is 23.2. The van der Waals surface area contributed by atoms with E-state index >= 15 is 0 Å². The van der Waals surface area contributed by atoms with E-state index in [9.17, 15) is 19.5 Å². The van der Waals surface area contributed by atoms with Crippen molar-refractivity contribution in [3.05, 3.63) is 58.8 Å². The lowest BCUT2D eigenvalue weighted by Gasteiger charge is -2.15. The quantitative estimate of drug-likeness (QED) is 0.250. The maximum atomic E-state index is 12.9. The van der Waals surface area contributed by atoms with Gasteiger partial charge >= 0.3 is 5.97 Å². The molecule has 0 unspecified atom stereocenters. The van der Waals surface area contributed by atoms with Crippen LogP contribution in [0.3, 0.4) is 0 Å². The van der Waals surface area contributed by atoms with Gasteiger partial charge in [-0.05, 0) is 89.9 Å². The average molecular weight is 642 g/mol. The number of ketones is 1. The number of amides is 1. The number of halogens is 4. The lowest BCUT2D eigenvalue weighted by atomic mass is 10.1. The van der Waals surface area contributed by atoms with Gasteiger partial charge in [0.15, 0.2) is 5.78 Å². The Hall–Kier alpha value is -1.07. The van der Waals surface area contributed by atoms with Crippen molar-refractivity contribution in [2.45, 2.75) is 0 Å². The Labute approximate surface area is 195 Å². The fourth-order valence-corrected chi connectivity index (χ4v) is 4.86. The van der Waals surface area contributed by atoms with E-state index < -0.39 is 11.9 Å². The number of likely N-dealkylation sites (N-methyl/N-ethyl adjacent to an activating group) is 1. The van der Waals surface area contributed by atoms with Gasteiger partial charge in [-0.1, -0.05) is 12.1 Å². The van der Waals surface area contributed by atoms with E-state index in [-0.39, 0.29) is 32.4 Å². The second-order valence-electron chi connectivity index (χ2n) is 6.01. The number of Topliss-reactive ketones (excluding diaryl/α,β-unsaturated/α-hetero) is 1. The van der Waals surface area contributed by atoms with Gasteiger partial charge in [-0.2, -0.15) is 0 Å². The number of anilines is 1. The van der Waals surface area contributed by atoms with E-state index in [2.05, 4.69) is 69.0 Å². The molecule has 0 aliphatic rings. The standard InChI is InChI=1S/C18H14Br4N2O4/c1-24(2)7-10(25)8-4-3-5-9(6-8)23-17(26)11-12(18(27)28)14(20)16(22)15(21)13(11)19/h3-6H,7H2,1-2H3,(H,23,26)(H,27,28). The Bertz CT molecular complexity index is 977. The van der Waals surface area contributed by atoms with Gasteiger partial charge in [0.1, 0.15) is 0 Å². The fourth-order valence-electron chi connectivity index (χ4n) is 2.39. The molecule has 0 saturated carbocycles. The highest BCUT2D eigenvalue weighted by Gasteiger charge is 2.28. The van der Waals surface area contributed by atoms with Crippen LogP contribution in [-0.4, -0.2) is 48.3 Å². The van der Waals surface area contributed by atoms with Crippen LogP contribution in [0.1, 0.15) is 31.1 Å². The Kier molecular flexibility index (Phi) is 7.97. The Balaban J connectivity index is 2.44. The average Bonchev–Trinajstić information content (AvgIpc) is 2.61. The van der Waals surface area contributed by atoms with Crippen LogP contribution in [0.25, 0.3) is 0 Å². The molecule has 2 rings (SSSR count). The van der Waals surface area contributed by atoms with Crippen LogP contribution in [0, 0.1) is 0 Å². The van der Waals surface area contributed by atoms with E-state index in [1.807, 2.05) is 0 Å². The third kappa shape index (κ3) is 5.10. The van der Waals surface area contributed by atoms with Crippen LogP contribution in [0.4, 0.5) is 5.69 Å². The minimum absolute atomic E-state index is 0.0560. The molecule has 0 aromatic heterocycles. The second-order valence-corrected chi connectivity index (χ2v) is 9.18. The van der Waals surface area contributed by atoms with Crippen molar-refractivity contribution in [3.8, 4) is 0 Å². The summed E-state index contributed by atoms with van der Waals surface area (Å²) in [5, 5.41) is 12.2. The lowest BCUT2D eigenvalue weighted by Crippen LogP contribution is -2.22. The van der Waals surface area contributed by atoms with Crippen LogP contribution in [0.15, 0.2) is 42.2 Å². The number of hydrogen-bond donors (Lipinski definition) is 2. The molecule has 0 radical (unpaired) electrons. The highest BCUT2D eigenvalue weighted by atomic mass is 79.9. The zero-order chi connectivity index (χ0) is 21.2. The number of carbonyl (C=O) groups is 3.